The van der Waals surface area contributed by atoms with Crippen molar-refractivity contribution in [3.05, 3.63) is 71.1 Å². The van der Waals surface area contributed by atoms with Gasteiger partial charge in [0.1, 0.15) is 0 Å². The predicted molar refractivity (Wildman–Crippen MR) is 122 cm³/mol. The molecule has 0 spiro atoms. The Morgan fingerprint density at radius 1 is 0.968 bits per heavy atom. The number of rotatable bonds is 8. The number of carbonyl (C=O) groups is 2. The Bertz CT molecular complexity index is 1090. The maximum atomic E-state index is 12.3. The van der Waals surface area contributed by atoms with E-state index in [1.807, 2.05) is 48.7 Å². The average molecular weight is 438 g/mol. The molecule has 3 aromatic rings. The lowest BCUT2D eigenvalue weighted by atomic mass is 10.1. The van der Waals surface area contributed by atoms with Crippen molar-refractivity contribution in [2.75, 3.05) is 20.8 Å². The Morgan fingerprint density at radius 3 is 2.42 bits per heavy atom. The number of hydrogen-bond acceptors (Lipinski definition) is 6. The first-order valence-corrected chi connectivity index (χ1v) is 10.4. The number of nitrogens with zero attached hydrogens (tertiary/aromatic N) is 1. The van der Waals surface area contributed by atoms with Crippen molar-refractivity contribution >= 4 is 28.9 Å². The number of carbonyl (C=O) groups excluding carboxylic acids is 2. The molecule has 2 amide bonds. The zero-order valence-corrected chi connectivity index (χ0v) is 18.3. The molecule has 0 aliphatic heterocycles. The molecule has 2 aromatic carbocycles. The molecule has 0 bridgehead atoms. The smallest absolute Gasteiger partial charge is 0.259 e. The van der Waals surface area contributed by atoms with Gasteiger partial charge in [0.15, 0.2) is 11.5 Å². The van der Waals surface area contributed by atoms with Gasteiger partial charge in [-0.3, -0.25) is 9.59 Å². The molecular formula is C23H23N3O4S. The molecule has 0 aliphatic carbocycles. The Morgan fingerprint density at radius 2 is 1.71 bits per heavy atom. The largest absolute Gasteiger partial charge is 0.493 e. The number of amides is 2. The highest BCUT2D eigenvalue weighted by Gasteiger charge is 2.12. The fourth-order valence-corrected chi connectivity index (χ4v) is 3.73. The quantitative estimate of drug-likeness (QED) is 0.415. The van der Waals surface area contributed by atoms with Crippen LogP contribution in [0, 0.1) is 0 Å². The first-order chi connectivity index (χ1) is 15.0. The lowest BCUT2D eigenvalue weighted by molar-refractivity contribution is -0.120. The third-order valence-electron chi connectivity index (χ3n) is 4.48. The number of thiophene rings is 1. The predicted octanol–water partition coefficient (Wildman–Crippen LogP) is 3.70. The van der Waals surface area contributed by atoms with Gasteiger partial charge >= 0.3 is 0 Å². The van der Waals surface area contributed by atoms with E-state index >= 15 is 0 Å². The van der Waals surface area contributed by atoms with Crippen LogP contribution in [0.15, 0.2) is 65.1 Å². The number of nitrogens with one attached hydrogen (secondary N) is 2. The van der Waals surface area contributed by atoms with Gasteiger partial charge in [-0.1, -0.05) is 30.3 Å². The number of ether oxygens (including phenoxy) is 2. The molecule has 2 N–H and O–H groups in total. The molecule has 0 saturated carbocycles. The molecule has 0 unspecified atom stereocenters. The van der Waals surface area contributed by atoms with E-state index in [0.29, 0.717) is 22.8 Å². The molecule has 0 saturated heterocycles. The molecular weight excluding hydrogens is 414 g/mol. The number of hydrogen-bond donors (Lipinski definition) is 2. The molecule has 0 fully saturated rings. The van der Waals surface area contributed by atoms with Crippen LogP contribution in [0.2, 0.25) is 0 Å². The zero-order chi connectivity index (χ0) is 22.2. The van der Waals surface area contributed by atoms with Crippen molar-refractivity contribution in [2.45, 2.75) is 6.92 Å². The third-order valence-corrected chi connectivity index (χ3v) is 5.46. The monoisotopic (exact) mass is 437 g/mol. The van der Waals surface area contributed by atoms with Gasteiger partial charge < -0.3 is 14.8 Å². The van der Waals surface area contributed by atoms with Gasteiger partial charge in [0, 0.05) is 21.4 Å². The summed E-state index contributed by atoms with van der Waals surface area (Å²) in [6.07, 6.45) is 0. The lowest BCUT2D eigenvalue weighted by Gasteiger charge is -2.09. The van der Waals surface area contributed by atoms with Crippen LogP contribution in [-0.4, -0.2) is 38.3 Å². The van der Waals surface area contributed by atoms with Crippen LogP contribution in [-0.2, 0) is 4.79 Å². The van der Waals surface area contributed by atoms with E-state index < -0.39 is 11.8 Å². The van der Waals surface area contributed by atoms with Crippen molar-refractivity contribution in [3.63, 3.8) is 0 Å². The Kier molecular flexibility index (Phi) is 7.40. The second-order valence-electron chi connectivity index (χ2n) is 6.55. The van der Waals surface area contributed by atoms with E-state index in [-0.39, 0.29) is 6.54 Å². The molecule has 31 heavy (non-hydrogen) atoms. The Hall–Kier alpha value is -3.65. The fraction of sp³-hybridized carbons (Fsp3) is 0.174. The molecule has 1 heterocycles. The third kappa shape index (κ3) is 5.70. The summed E-state index contributed by atoms with van der Waals surface area (Å²) in [7, 11) is 3.01. The summed E-state index contributed by atoms with van der Waals surface area (Å²) >= 11 is 1.61. The van der Waals surface area contributed by atoms with Crippen molar-refractivity contribution < 1.29 is 19.1 Å². The van der Waals surface area contributed by atoms with E-state index in [4.69, 9.17) is 9.47 Å². The summed E-state index contributed by atoms with van der Waals surface area (Å²) in [4.78, 5) is 25.5. The van der Waals surface area contributed by atoms with Gasteiger partial charge in [-0.05, 0) is 36.8 Å². The number of methoxy groups -OCH3 is 2. The SMILES string of the molecule is COc1ccc(C(=O)NCC(=O)N/N=C(\C)c2csc(-c3ccccc3)c2)cc1OC. The van der Waals surface area contributed by atoms with Crippen LogP contribution >= 0.6 is 11.3 Å². The minimum atomic E-state index is -0.424. The van der Waals surface area contributed by atoms with Crippen molar-refractivity contribution in [1.82, 2.24) is 10.7 Å². The molecule has 0 atom stereocenters. The van der Waals surface area contributed by atoms with Crippen LogP contribution in [0.5, 0.6) is 11.5 Å². The molecule has 1 aromatic heterocycles. The maximum absolute atomic E-state index is 12.3. The first-order valence-electron chi connectivity index (χ1n) is 9.49. The summed E-state index contributed by atoms with van der Waals surface area (Å²) in [5.74, 6) is 0.129. The lowest BCUT2D eigenvalue weighted by Crippen LogP contribution is -2.35. The van der Waals surface area contributed by atoms with E-state index in [2.05, 4.69) is 15.8 Å². The molecule has 160 valence electrons. The second-order valence-corrected chi connectivity index (χ2v) is 7.46. The summed E-state index contributed by atoms with van der Waals surface area (Å²) in [6.45, 7) is 1.61. The molecule has 0 radical (unpaired) electrons. The van der Waals surface area contributed by atoms with Gasteiger partial charge in [0.25, 0.3) is 11.8 Å². The highest BCUT2D eigenvalue weighted by Crippen LogP contribution is 2.28. The van der Waals surface area contributed by atoms with Gasteiger partial charge in [-0.2, -0.15) is 5.10 Å². The van der Waals surface area contributed by atoms with Crippen LogP contribution in [0.25, 0.3) is 10.4 Å². The van der Waals surface area contributed by atoms with Crippen LogP contribution in [0.1, 0.15) is 22.8 Å². The fourth-order valence-electron chi connectivity index (χ4n) is 2.77. The average Bonchev–Trinajstić information content (AvgIpc) is 3.31. The summed E-state index contributed by atoms with van der Waals surface area (Å²) in [6, 6.07) is 16.9. The Labute approximate surface area is 184 Å². The number of benzene rings is 2. The highest BCUT2D eigenvalue weighted by molar-refractivity contribution is 7.13. The van der Waals surface area contributed by atoms with E-state index in [1.54, 1.807) is 29.5 Å². The highest BCUT2D eigenvalue weighted by atomic mass is 32.1. The maximum Gasteiger partial charge on any atom is 0.259 e. The summed E-state index contributed by atoms with van der Waals surface area (Å²) in [5, 5.41) is 8.69. The minimum Gasteiger partial charge on any atom is -0.493 e. The standard InChI is InChI=1S/C23H23N3O4S/c1-15(18-12-21(31-14-18)16-7-5-4-6-8-16)25-26-22(27)13-24-23(28)17-9-10-19(29-2)20(11-17)30-3/h4-12,14H,13H2,1-3H3,(H,24,28)(H,26,27)/b25-15+. The van der Waals surface area contributed by atoms with Gasteiger partial charge in [-0.25, -0.2) is 5.43 Å². The summed E-state index contributed by atoms with van der Waals surface area (Å²) in [5.41, 5.74) is 5.57. The zero-order valence-electron chi connectivity index (χ0n) is 17.5. The van der Waals surface area contributed by atoms with Gasteiger partial charge in [-0.15, -0.1) is 11.3 Å². The normalized spacial score (nSPS) is 11.0. The van der Waals surface area contributed by atoms with Crippen LogP contribution < -0.4 is 20.2 Å². The number of hydrazone groups is 1. The molecule has 7 nitrogen and oxygen atoms in total. The van der Waals surface area contributed by atoms with Gasteiger partial charge in [0.2, 0.25) is 0 Å². The second kappa shape index (κ2) is 10.4. The minimum absolute atomic E-state index is 0.205. The summed E-state index contributed by atoms with van der Waals surface area (Å²) < 4.78 is 10.3. The van der Waals surface area contributed by atoms with Gasteiger partial charge in [0.05, 0.1) is 26.5 Å². The first kappa shape index (κ1) is 22.0. The van der Waals surface area contributed by atoms with Crippen LogP contribution in [0.4, 0.5) is 0 Å². The topological polar surface area (TPSA) is 89.0 Å². The van der Waals surface area contributed by atoms with E-state index in [0.717, 1.165) is 16.0 Å². The Balaban J connectivity index is 1.54. The van der Waals surface area contributed by atoms with E-state index in [1.165, 1.54) is 14.2 Å². The molecule has 3 rings (SSSR count). The van der Waals surface area contributed by atoms with Crippen molar-refractivity contribution in [2.24, 2.45) is 5.10 Å². The molecule has 0 aliphatic rings. The molecule has 8 heteroatoms. The van der Waals surface area contributed by atoms with Crippen molar-refractivity contribution in [1.29, 1.82) is 0 Å². The van der Waals surface area contributed by atoms with E-state index in [9.17, 15) is 9.59 Å². The van der Waals surface area contributed by atoms with Crippen LogP contribution in [0.3, 0.4) is 0 Å². The van der Waals surface area contributed by atoms with Crippen molar-refractivity contribution in [3.8, 4) is 21.9 Å².